The zero-order valence-corrected chi connectivity index (χ0v) is 15.4. The molecule has 0 radical (unpaired) electrons. The lowest BCUT2D eigenvalue weighted by Gasteiger charge is -2.14. The summed E-state index contributed by atoms with van der Waals surface area (Å²) in [4.78, 5) is 17.0. The zero-order chi connectivity index (χ0) is 18.2. The molecule has 0 fully saturated rings. The van der Waals surface area contributed by atoms with E-state index in [1.165, 1.54) is 17.7 Å². The van der Waals surface area contributed by atoms with Gasteiger partial charge in [-0.15, -0.1) is 0 Å². The first-order valence-electron chi connectivity index (χ1n) is 8.22. The van der Waals surface area contributed by atoms with Gasteiger partial charge in [0, 0.05) is 13.6 Å². The minimum Gasteiger partial charge on any atom is -0.351 e. The lowest BCUT2D eigenvalue weighted by Crippen LogP contribution is -2.29. The van der Waals surface area contributed by atoms with Crippen LogP contribution in [0.15, 0.2) is 35.5 Å². The first kappa shape index (κ1) is 17.6. The molecule has 0 saturated heterocycles. The predicted octanol–water partition coefficient (Wildman–Crippen LogP) is 1.78. The van der Waals surface area contributed by atoms with E-state index in [1.807, 2.05) is 0 Å². The number of benzene rings is 1. The predicted molar refractivity (Wildman–Crippen MR) is 94.0 cm³/mol. The Labute approximate surface area is 147 Å². The van der Waals surface area contributed by atoms with Gasteiger partial charge in [0.25, 0.3) is 5.91 Å². The molecule has 1 N–H and O–H groups in total. The van der Waals surface area contributed by atoms with Crippen LogP contribution in [0, 0.1) is 5.92 Å². The van der Waals surface area contributed by atoms with Crippen LogP contribution in [-0.4, -0.2) is 41.8 Å². The second kappa shape index (κ2) is 6.61. The van der Waals surface area contributed by atoms with Crippen LogP contribution in [0.2, 0.25) is 0 Å². The van der Waals surface area contributed by atoms with Crippen LogP contribution in [0.5, 0.6) is 0 Å². The minimum absolute atomic E-state index is 0.0872. The summed E-state index contributed by atoms with van der Waals surface area (Å²) in [6, 6.07) is 6.74. The Bertz CT molecular complexity index is 902. The topological polar surface area (TPSA) is 84.3 Å². The third-order valence-corrected chi connectivity index (χ3v) is 6.12. The van der Waals surface area contributed by atoms with Gasteiger partial charge in [-0.2, -0.15) is 4.31 Å². The number of sulfonamides is 1. The van der Waals surface area contributed by atoms with Gasteiger partial charge in [-0.05, 0) is 24.5 Å². The molecule has 3 rings (SSSR count). The van der Waals surface area contributed by atoms with Crippen molar-refractivity contribution < 1.29 is 13.2 Å². The van der Waals surface area contributed by atoms with Crippen LogP contribution in [-0.2, 0) is 16.6 Å². The molecule has 0 spiro atoms. The number of nitrogens with zero attached hydrogens (tertiary/aromatic N) is 3. The lowest BCUT2D eigenvalue weighted by molar-refractivity contribution is 0.0946. The van der Waals surface area contributed by atoms with Crippen LogP contribution in [0.25, 0.3) is 5.69 Å². The van der Waals surface area contributed by atoms with E-state index in [0.29, 0.717) is 23.8 Å². The summed E-state index contributed by atoms with van der Waals surface area (Å²) < 4.78 is 28.4. The highest BCUT2D eigenvalue weighted by molar-refractivity contribution is 7.89. The van der Waals surface area contributed by atoms with Gasteiger partial charge in [0.2, 0.25) is 10.0 Å². The van der Waals surface area contributed by atoms with Gasteiger partial charge in [-0.1, -0.05) is 26.0 Å². The maximum atomic E-state index is 12.7. The standard InChI is InChI=1S/C17H22N4O3S/c1-12(2)8-9-18-17(22)16-14-10-20(3)25(23,24)15-7-5-4-6-13(15)21(14)11-19-16/h4-7,11-12H,8-10H2,1-3H3,(H,18,22). The number of aromatic nitrogens is 2. The molecule has 134 valence electrons. The van der Waals surface area contributed by atoms with Crippen molar-refractivity contribution in [2.75, 3.05) is 13.6 Å². The van der Waals surface area contributed by atoms with Crippen molar-refractivity contribution in [1.29, 1.82) is 0 Å². The first-order chi connectivity index (χ1) is 11.8. The molecule has 1 aromatic carbocycles. The summed E-state index contributed by atoms with van der Waals surface area (Å²) in [5, 5.41) is 2.86. The number of carbonyl (C=O) groups is 1. The van der Waals surface area contributed by atoms with Crippen molar-refractivity contribution in [3.63, 3.8) is 0 Å². The number of imidazole rings is 1. The average Bonchev–Trinajstić information content (AvgIpc) is 2.94. The molecule has 1 aliphatic heterocycles. The van der Waals surface area contributed by atoms with Crippen LogP contribution in [0.1, 0.15) is 36.5 Å². The molecule has 1 aliphatic rings. The van der Waals surface area contributed by atoms with Gasteiger partial charge in [-0.3, -0.25) is 9.36 Å². The number of para-hydroxylation sites is 1. The Morgan fingerprint density at radius 3 is 2.76 bits per heavy atom. The molecule has 0 aliphatic carbocycles. The normalized spacial score (nSPS) is 16.2. The van der Waals surface area contributed by atoms with Gasteiger partial charge in [-0.25, -0.2) is 13.4 Å². The highest BCUT2D eigenvalue weighted by Crippen LogP contribution is 2.30. The Balaban J connectivity index is 2.01. The SMILES string of the molecule is CC(C)CCNC(=O)c1ncn2c1CN(C)S(=O)(=O)c1ccccc1-2. The van der Waals surface area contributed by atoms with Crippen molar-refractivity contribution in [3.05, 3.63) is 42.0 Å². The summed E-state index contributed by atoms with van der Waals surface area (Å²) in [5.74, 6) is 0.210. The van der Waals surface area contributed by atoms with Crippen LogP contribution >= 0.6 is 0 Å². The molecule has 1 amide bonds. The van der Waals surface area contributed by atoms with Gasteiger partial charge in [0.15, 0.2) is 5.69 Å². The van der Waals surface area contributed by atoms with E-state index in [9.17, 15) is 13.2 Å². The van der Waals surface area contributed by atoms with E-state index >= 15 is 0 Å². The fraction of sp³-hybridized carbons (Fsp3) is 0.412. The van der Waals surface area contributed by atoms with Gasteiger partial charge >= 0.3 is 0 Å². The largest absolute Gasteiger partial charge is 0.351 e. The summed E-state index contributed by atoms with van der Waals surface area (Å²) >= 11 is 0. The van der Waals surface area contributed by atoms with Crippen molar-refractivity contribution in [2.45, 2.75) is 31.7 Å². The third-order valence-electron chi connectivity index (χ3n) is 4.27. The summed E-state index contributed by atoms with van der Waals surface area (Å²) in [6.07, 6.45) is 2.39. The number of fused-ring (bicyclic) bond motifs is 3. The molecule has 7 nitrogen and oxygen atoms in total. The Kier molecular flexibility index (Phi) is 4.66. The second-order valence-corrected chi connectivity index (χ2v) is 8.59. The van der Waals surface area contributed by atoms with Crippen molar-refractivity contribution in [2.24, 2.45) is 5.92 Å². The third kappa shape index (κ3) is 3.19. The number of nitrogens with one attached hydrogen (secondary N) is 1. The molecule has 0 saturated carbocycles. The molecule has 1 aromatic heterocycles. The maximum absolute atomic E-state index is 12.7. The summed E-state index contributed by atoms with van der Waals surface area (Å²) in [5.41, 5.74) is 1.34. The second-order valence-electron chi connectivity index (χ2n) is 6.58. The summed E-state index contributed by atoms with van der Waals surface area (Å²) in [7, 11) is -2.10. The van der Waals surface area contributed by atoms with E-state index in [4.69, 9.17) is 0 Å². The highest BCUT2D eigenvalue weighted by Gasteiger charge is 2.32. The Morgan fingerprint density at radius 1 is 1.32 bits per heavy atom. The molecule has 8 heteroatoms. The Hall–Kier alpha value is -2.19. The number of rotatable bonds is 4. The quantitative estimate of drug-likeness (QED) is 0.899. The van der Waals surface area contributed by atoms with E-state index < -0.39 is 10.0 Å². The molecule has 2 aromatic rings. The van der Waals surface area contributed by atoms with Crippen LogP contribution in [0.4, 0.5) is 0 Å². The monoisotopic (exact) mass is 362 g/mol. The molecule has 25 heavy (non-hydrogen) atoms. The number of amides is 1. The summed E-state index contributed by atoms with van der Waals surface area (Å²) in [6.45, 7) is 4.83. The fourth-order valence-electron chi connectivity index (χ4n) is 2.82. The zero-order valence-electron chi connectivity index (χ0n) is 14.6. The lowest BCUT2D eigenvalue weighted by atomic mass is 10.1. The van der Waals surface area contributed by atoms with Gasteiger partial charge < -0.3 is 5.32 Å². The van der Waals surface area contributed by atoms with E-state index in [0.717, 1.165) is 6.42 Å². The number of carbonyl (C=O) groups excluding carboxylic acids is 1. The minimum atomic E-state index is -3.61. The van der Waals surface area contributed by atoms with Crippen molar-refractivity contribution >= 4 is 15.9 Å². The molecule has 0 unspecified atom stereocenters. The molecule has 0 bridgehead atoms. The van der Waals surface area contributed by atoms with E-state index in [2.05, 4.69) is 24.1 Å². The molecule has 0 atom stereocenters. The first-order valence-corrected chi connectivity index (χ1v) is 9.66. The number of hydrogen-bond acceptors (Lipinski definition) is 4. The molecule has 2 heterocycles. The van der Waals surface area contributed by atoms with Crippen molar-refractivity contribution in [1.82, 2.24) is 19.2 Å². The van der Waals surface area contributed by atoms with E-state index in [-0.39, 0.29) is 23.0 Å². The molecular formula is C17H22N4O3S. The Morgan fingerprint density at radius 2 is 2.04 bits per heavy atom. The smallest absolute Gasteiger partial charge is 0.271 e. The highest BCUT2D eigenvalue weighted by atomic mass is 32.2. The van der Waals surface area contributed by atoms with Crippen LogP contribution in [0.3, 0.4) is 0 Å². The van der Waals surface area contributed by atoms with Crippen LogP contribution < -0.4 is 5.32 Å². The fourth-order valence-corrected chi connectivity index (χ4v) is 4.13. The van der Waals surface area contributed by atoms with Gasteiger partial charge in [0.05, 0.1) is 17.9 Å². The van der Waals surface area contributed by atoms with Crippen molar-refractivity contribution in [3.8, 4) is 5.69 Å². The molecular weight excluding hydrogens is 340 g/mol. The number of hydrogen-bond donors (Lipinski definition) is 1. The maximum Gasteiger partial charge on any atom is 0.271 e. The van der Waals surface area contributed by atoms with Gasteiger partial charge in [0.1, 0.15) is 11.2 Å². The van der Waals surface area contributed by atoms with E-state index in [1.54, 1.807) is 28.8 Å². The average molecular weight is 362 g/mol.